The first kappa shape index (κ1) is 20.8. The average molecular weight is 420 g/mol. The number of benzene rings is 1. The van der Waals surface area contributed by atoms with Crippen LogP contribution >= 0.6 is 0 Å². The third-order valence-corrected chi connectivity index (χ3v) is 5.69. The highest BCUT2D eigenvalue weighted by Crippen LogP contribution is 2.23. The molecular formula is C23H29N7O. The summed E-state index contributed by atoms with van der Waals surface area (Å²) in [4.78, 5) is 17.9. The van der Waals surface area contributed by atoms with Crippen LogP contribution in [0.1, 0.15) is 17.0 Å². The monoisotopic (exact) mass is 419 g/mol. The molecule has 3 heterocycles. The fourth-order valence-corrected chi connectivity index (χ4v) is 3.80. The van der Waals surface area contributed by atoms with E-state index in [1.165, 1.54) is 16.8 Å². The molecule has 1 aliphatic rings. The van der Waals surface area contributed by atoms with Gasteiger partial charge in [0.15, 0.2) is 11.8 Å². The lowest BCUT2D eigenvalue weighted by molar-refractivity contribution is 0.372. The van der Waals surface area contributed by atoms with Crippen LogP contribution in [0.3, 0.4) is 0 Å². The summed E-state index contributed by atoms with van der Waals surface area (Å²) in [5, 5.41) is 7.49. The van der Waals surface area contributed by atoms with Crippen molar-refractivity contribution in [2.45, 2.75) is 20.3 Å². The third-order valence-electron chi connectivity index (χ3n) is 5.69. The van der Waals surface area contributed by atoms with Crippen LogP contribution in [0.15, 0.2) is 52.1 Å². The fourth-order valence-electron chi connectivity index (χ4n) is 3.80. The Balaban J connectivity index is 1.28. The van der Waals surface area contributed by atoms with Crippen molar-refractivity contribution in [3.63, 3.8) is 0 Å². The summed E-state index contributed by atoms with van der Waals surface area (Å²) in [6.07, 6.45) is 2.36. The average Bonchev–Trinajstić information content (AvgIpc) is 3.28. The minimum atomic E-state index is 0.447. The number of rotatable bonds is 5. The zero-order chi connectivity index (χ0) is 21.6. The van der Waals surface area contributed by atoms with E-state index in [1.54, 1.807) is 6.20 Å². The summed E-state index contributed by atoms with van der Waals surface area (Å²) in [6.45, 7) is 8.87. The summed E-state index contributed by atoms with van der Waals surface area (Å²) < 4.78 is 5.33. The molecule has 1 fully saturated rings. The molecule has 31 heavy (non-hydrogen) atoms. The molecule has 0 bridgehead atoms. The first-order valence-electron chi connectivity index (χ1n) is 10.7. The van der Waals surface area contributed by atoms with Crippen molar-refractivity contribution < 1.29 is 4.52 Å². The van der Waals surface area contributed by atoms with Gasteiger partial charge in [0.2, 0.25) is 0 Å². The second-order valence-electron chi connectivity index (χ2n) is 7.65. The molecule has 2 aromatic heterocycles. The van der Waals surface area contributed by atoms with Gasteiger partial charge in [-0.15, -0.1) is 0 Å². The predicted octanol–water partition coefficient (Wildman–Crippen LogP) is 2.69. The number of nitrogens with one attached hydrogen (secondary N) is 1. The number of anilines is 1. The maximum atomic E-state index is 5.33. The summed E-state index contributed by atoms with van der Waals surface area (Å²) in [5.74, 6) is 2.01. The van der Waals surface area contributed by atoms with E-state index >= 15 is 0 Å². The van der Waals surface area contributed by atoms with Crippen LogP contribution in [0.4, 0.5) is 5.69 Å². The molecule has 1 aromatic carbocycles. The van der Waals surface area contributed by atoms with E-state index in [-0.39, 0.29) is 0 Å². The Morgan fingerprint density at radius 3 is 2.68 bits per heavy atom. The van der Waals surface area contributed by atoms with E-state index in [9.17, 15) is 0 Å². The van der Waals surface area contributed by atoms with Gasteiger partial charge in [0.25, 0.3) is 5.89 Å². The van der Waals surface area contributed by atoms with E-state index in [4.69, 9.17) is 4.52 Å². The smallest absolute Gasteiger partial charge is 0.276 e. The Bertz CT molecular complexity index is 1020. The molecule has 0 aliphatic carbocycles. The molecule has 0 radical (unpaired) electrons. The Morgan fingerprint density at radius 2 is 1.94 bits per heavy atom. The molecule has 1 saturated heterocycles. The van der Waals surface area contributed by atoms with Crippen molar-refractivity contribution in [1.82, 2.24) is 25.3 Å². The highest BCUT2D eigenvalue weighted by Gasteiger charge is 2.21. The highest BCUT2D eigenvalue weighted by atomic mass is 16.5. The molecule has 0 amide bonds. The van der Waals surface area contributed by atoms with Gasteiger partial charge in [-0.2, -0.15) is 4.98 Å². The maximum absolute atomic E-state index is 5.33. The minimum absolute atomic E-state index is 0.447. The molecule has 0 spiro atoms. The van der Waals surface area contributed by atoms with E-state index in [0.717, 1.165) is 32.1 Å². The number of hydrogen-bond acceptors (Lipinski definition) is 6. The number of aryl methyl sites for hydroxylation is 1. The largest absolute Gasteiger partial charge is 0.368 e. The van der Waals surface area contributed by atoms with Crippen LogP contribution in [0.25, 0.3) is 11.6 Å². The fraction of sp³-hybridized carbons (Fsp3) is 0.391. The van der Waals surface area contributed by atoms with Crippen LogP contribution < -0.4 is 10.2 Å². The first-order valence-corrected chi connectivity index (χ1v) is 10.7. The van der Waals surface area contributed by atoms with Crippen molar-refractivity contribution in [2.24, 2.45) is 4.99 Å². The Morgan fingerprint density at radius 1 is 1.10 bits per heavy atom. The topological polar surface area (TPSA) is 82.7 Å². The van der Waals surface area contributed by atoms with E-state index in [1.807, 2.05) is 25.2 Å². The Hall–Kier alpha value is -3.42. The van der Waals surface area contributed by atoms with Gasteiger partial charge in [-0.1, -0.05) is 23.4 Å². The number of guanidine groups is 1. The van der Waals surface area contributed by atoms with Crippen LogP contribution in [0.5, 0.6) is 0 Å². The van der Waals surface area contributed by atoms with Gasteiger partial charge in [-0.05, 0) is 43.2 Å². The normalized spacial score (nSPS) is 14.7. The zero-order valence-electron chi connectivity index (χ0n) is 18.4. The summed E-state index contributed by atoms with van der Waals surface area (Å²) in [6, 6.07) is 12.1. The van der Waals surface area contributed by atoms with Crippen molar-refractivity contribution in [3.05, 3.63) is 59.5 Å². The van der Waals surface area contributed by atoms with Gasteiger partial charge in [0, 0.05) is 58.1 Å². The Labute approximate surface area is 183 Å². The van der Waals surface area contributed by atoms with E-state index in [2.05, 4.69) is 67.3 Å². The molecule has 3 aromatic rings. The molecule has 0 saturated carbocycles. The third kappa shape index (κ3) is 4.84. The molecule has 8 nitrogen and oxygen atoms in total. The lowest BCUT2D eigenvalue weighted by Crippen LogP contribution is -2.53. The number of pyridine rings is 1. The maximum Gasteiger partial charge on any atom is 0.276 e. The van der Waals surface area contributed by atoms with Crippen molar-refractivity contribution >= 4 is 11.6 Å². The van der Waals surface area contributed by atoms with Crippen molar-refractivity contribution in [2.75, 3.05) is 44.7 Å². The van der Waals surface area contributed by atoms with Crippen LogP contribution in [0, 0.1) is 13.8 Å². The summed E-state index contributed by atoms with van der Waals surface area (Å²) >= 11 is 0. The number of nitrogens with zero attached hydrogens (tertiary/aromatic N) is 6. The lowest BCUT2D eigenvalue weighted by atomic mass is 10.1. The number of piperazine rings is 1. The zero-order valence-corrected chi connectivity index (χ0v) is 18.4. The Kier molecular flexibility index (Phi) is 6.45. The molecule has 4 rings (SSSR count). The quantitative estimate of drug-likeness (QED) is 0.503. The molecule has 8 heteroatoms. The molecule has 1 aliphatic heterocycles. The summed E-state index contributed by atoms with van der Waals surface area (Å²) in [5.41, 5.74) is 4.73. The molecular weight excluding hydrogens is 390 g/mol. The number of aromatic nitrogens is 3. The number of aliphatic imine (C=N–C) groups is 1. The van der Waals surface area contributed by atoms with Crippen LogP contribution in [-0.2, 0) is 6.42 Å². The predicted molar refractivity (Wildman–Crippen MR) is 122 cm³/mol. The van der Waals surface area contributed by atoms with Gasteiger partial charge in [0.05, 0.1) is 0 Å². The minimum Gasteiger partial charge on any atom is -0.368 e. The second-order valence-corrected chi connectivity index (χ2v) is 7.65. The van der Waals surface area contributed by atoms with Gasteiger partial charge in [-0.3, -0.25) is 9.98 Å². The molecule has 0 unspecified atom stereocenters. The molecule has 1 N–H and O–H groups in total. The van der Waals surface area contributed by atoms with Gasteiger partial charge >= 0.3 is 0 Å². The standard InChI is InChI=1S/C23H29N7O/c1-17-7-6-9-20(18(17)2)29-13-15-30(16-14-29)23(24-3)26-12-10-21-27-22(31-28-21)19-8-4-5-11-25-19/h4-9,11H,10,12-16H2,1-3H3,(H,24,26). The van der Waals surface area contributed by atoms with Crippen molar-refractivity contribution in [1.29, 1.82) is 0 Å². The van der Waals surface area contributed by atoms with E-state index < -0.39 is 0 Å². The lowest BCUT2D eigenvalue weighted by Gasteiger charge is -2.38. The van der Waals surface area contributed by atoms with Crippen molar-refractivity contribution in [3.8, 4) is 11.6 Å². The molecule has 162 valence electrons. The van der Waals surface area contributed by atoms with Crippen LogP contribution in [0.2, 0.25) is 0 Å². The van der Waals surface area contributed by atoms with Gasteiger partial charge < -0.3 is 19.6 Å². The van der Waals surface area contributed by atoms with Crippen LogP contribution in [-0.4, -0.2) is 65.8 Å². The van der Waals surface area contributed by atoms with E-state index in [0.29, 0.717) is 30.4 Å². The second kappa shape index (κ2) is 9.59. The highest BCUT2D eigenvalue weighted by molar-refractivity contribution is 5.80. The first-order chi connectivity index (χ1) is 15.2. The number of hydrogen-bond donors (Lipinski definition) is 1. The van der Waals surface area contributed by atoms with Gasteiger partial charge in [-0.25, -0.2) is 0 Å². The molecule has 0 atom stereocenters. The summed E-state index contributed by atoms with van der Waals surface area (Å²) in [7, 11) is 1.83. The SMILES string of the molecule is CN=C(NCCc1noc(-c2ccccn2)n1)N1CCN(c2cccc(C)c2C)CC1. The van der Waals surface area contributed by atoms with Gasteiger partial charge in [0.1, 0.15) is 5.69 Å².